The summed E-state index contributed by atoms with van der Waals surface area (Å²) in [7, 11) is 0. The van der Waals surface area contributed by atoms with Crippen LogP contribution in [-0.4, -0.2) is 79.8 Å². The Kier molecular flexibility index (Phi) is 9.77. The van der Waals surface area contributed by atoms with E-state index in [9.17, 15) is 24.0 Å². The highest BCUT2D eigenvalue weighted by molar-refractivity contribution is 7.80. The number of rotatable bonds is 12. The number of carbonyl (C=O) groups excluding carboxylic acids is 3. The van der Waals surface area contributed by atoms with E-state index in [1.807, 2.05) is 0 Å². The Labute approximate surface area is 176 Å². The van der Waals surface area contributed by atoms with Crippen LogP contribution in [0.15, 0.2) is 12.5 Å². The van der Waals surface area contributed by atoms with E-state index in [-0.39, 0.29) is 12.2 Å². The fraction of sp³-hybridized carbons (Fsp3) is 0.500. The molecule has 0 fully saturated rings. The number of imidazole rings is 1. The van der Waals surface area contributed by atoms with Crippen LogP contribution >= 0.6 is 12.6 Å². The lowest BCUT2D eigenvalue weighted by Crippen LogP contribution is -2.57. The van der Waals surface area contributed by atoms with E-state index in [0.717, 1.165) is 0 Å². The minimum Gasteiger partial charge on any atom is -0.481 e. The number of aromatic nitrogens is 2. The lowest BCUT2D eigenvalue weighted by molar-refractivity contribution is -0.142. The van der Waals surface area contributed by atoms with Gasteiger partial charge in [0.15, 0.2) is 0 Å². The molecule has 8 N–H and O–H groups in total. The van der Waals surface area contributed by atoms with Gasteiger partial charge in [0, 0.05) is 24.1 Å². The van der Waals surface area contributed by atoms with Gasteiger partial charge in [0.25, 0.3) is 0 Å². The number of nitrogens with zero attached hydrogens (tertiary/aromatic N) is 1. The molecular formula is C16H24N6O7S. The molecule has 1 heterocycles. The maximum absolute atomic E-state index is 12.4. The summed E-state index contributed by atoms with van der Waals surface area (Å²) < 4.78 is 0. The van der Waals surface area contributed by atoms with Crippen LogP contribution in [-0.2, 0) is 30.4 Å². The molecule has 1 rings (SSSR count). The maximum atomic E-state index is 12.4. The Bertz CT molecular complexity index is 772. The van der Waals surface area contributed by atoms with Crippen LogP contribution in [0.25, 0.3) is 0 Å². The summed E-state index contributed by atoms with van der Waals surface area (Å²) in [6.07, 6.45) is 2.18. The predicted octanol–water partition coefficient (Wildman–Crippen LogP) is -2.76. The van der Waals surface area contributed by atoms with Crippen LogP contribution in [0.2, 0.25) is 0 Å². The first-order valence-corrected chi connectivity index (χ1v) is 9.37. The minimum absolute atomic E-state index is 0.0758. The molecule has 0 unspecified atom stereocenters. The Hall–Kier alpha value is -3.13. The number of aromatic amines is 1. The number of thiol groups is 1. The summed E-state index contributed by atoms with van der Waals surface area (Å²) in [5.41, 5.74) is 6.34. The molecule has 0 aromatic carbocycles. The van der Waals surface area contributed by atoms with Crippen LogP contribution in [0.5, 0.6) is 0 Å². The van der Waals surface area contributed by atoms with E-state index < -0.39 is 60.2 Å². The van der Waals surface area contributed by atoms with E-state index >= 15 is 0 Å². The van der Waals surface area contributed by atoms with Crippen LogP contribution < -0.4 is 21.7 Å². The Morgan fingerprint density at radius 1 is 1.10 bits per heavy atom. The number of carboxylic acids is 2. The molecule has 0 bridgehead atoms. The molecule has 13 nitrogen and oxygen atoms in total. The van der Waals surface area contributed by atoms with Crippen LogP contribution in [0.1, 0.15) is 19.0 Å². The van der Waals surface area contributed by atoms with Crippen LogP contribution in [0.4, 0.5) is 0 Å². The van der Waals surface area contributed by atoms with Gasteiger partial charge in [-0.25, -0.2) is 9.78 Å². The summed E-state index contributed by atoms with van der Waals surface area (Å²) in [6.45, 7) is 1.27. The molecule has 1 aromatic rings. The number of H-pyrrole nitrogens is 1. The molecule has 0 radical (unpaired) electrons. The lowest BCUT2D eigenvalue weighted by atomic mass is 10.1. The van der Waals surface area contributed by atoms with Gasteiger partial charge in [-0.15, -0.1) is 0 Å². The number of nitrogens with two attached hydrogens (primary N) is 1. The van der Waals surface area contributed by atoms with E-state index in [1.165, 1.54) is 19.4 Å². The second-order valence-electron chi connectivity index (χ2n) is 6.36. The molecule has 1 aromatic heterocycles. The van der Waals surface area contributed by atoms with Crippen molar-refractivity contribution in [2.45, 2.75) is 43.9 Å². The van der Waals surface area contributed by atoms with Crippen molar-refractivity contribution < 1.29 is 34.2 Å². The van der Waals surface area contributed by atoms with Crippen molar-refractivity contribution in [2.75, 3.05) is 5.75 Å². The zero-order chi connectivity index (χ0) is 22.8. The van der Waals surface area contributed by atoms with Gasteiger partial charge < -0.3 is 36.9 Å². The monoisotopic (exact) mass is 444 g/mol. The van der Waals surface area contributed by atoms with Crippen molar-refractivity contribution >= 4 is 42.3 Å². The fourth-order valence-electron chi connectivity index (χ4n) is 2.25. The average Bonchev–Trinajstić information content (AvgIpc) is 3.17. The molecule has 4 atom stereocenters. The van der Waals surface area contributed by atoms with Gasteiger partial charge in [0.05, 0.1) is 18.8 Å². The Balaban J connectivity index is 2.73. The second-order valence-corrected chi connectivity index (χ2v) is 6.72. The summed E-state index contributed by atoms with van der Waals surface area (Å²) in [5.74, 6) is -5.38. The zero-order valence-corrected chi connectivity index (χ0v) is 16.9. The molecular weight excluding hydrogens is 420 g/mol. The molecule has 0 aliphatic heterocycles. The van der Waals surface area contributed by atoms with Gasteiger partial charge in [0.1, 0.15) is 18.1 Å². The van der Waals surface area contributed by atoms with Crippen molar-refractivity contribution in [3.8, 4) is 0 Å². The molecule has 0 saturated heterocycles. The van der Waals surface area contributed by atoms with Gasteiger partial charge in [-0.1, -0.05) is 0 Å². The summed E-state index contributed by atoms with van der Waals surface area (Å²) in [5, 5.41) is 24.6. The normalized spacial score (nSPS) is 14.6. The third-order valence-corrected chi connectivity index (χ3v) is 4.26. The smallest absolute Gasteiger partial charge is 0.327 e. The number of aliphatic carboxylic acids is 2. The zero-order valence-electron chi connectivity index (χ0n) is 16.0. The molecule has 14 heteroatoms. The van der Waals surface area contributed by atoms with Gasteiger partial charge in [-0.2, -0.15) is 12.6 Å². The first-order valence-electron chi connectivity index (χ1n) is 8.74. The Morgan fingerprint density at radius 3 is 2.23 bits per heavy atom. The van der Waals surface area contributed by atoms with Gasteiger partial charge >= 0.3 is 11.9 Å². The highest BCUT2D eigenvalue weighted by Crippen LogP contribution is 2.00. The van der Waals surface area contributed by atoms with Gasteiger partial charge in [-0.05, 0) is 6.92 Å². The van der Waals surface area contributed by atoms with Crippen molar-refractivity contribution in [1.82, 2.24) is 25.9 Å². The quantitative estimate of drug-likeness (QED) is 0.156. The van der Waals surface area contributed by atoms with Gasteiger partial charge in [0.2, 0.25) is 17.7 Å². The van der Waals surface area contributed by atoms with E-state index in [0.29, 0.717) is 5.69 Å². The fourth-order valence-corrected chi connectivity index (χ4v) is 2.50. The summed E-state index contributed by atoms with van der Waals surface area (Å²) in [6, 6.07) is -5.05. The van der Waals surface area contributed by atoms with Crippen LogP contribution in [0, 0.1) is 0 Å². The molecule has 0 aliphatic carbocycles. The number of nitrogens with one attached hydrogen (secondary N) is 4. The molecule has 166 valence electrons. The van der Waals surface area contributed by atoms with Crippen molar-refractivity contribution in [3.63, 3.8) is 0 Å². The van der Waals surface area contributed by atoms with Gasteiger partial charge in [-0.3, -0.25) is 19.2 Å². The topological polar surface area (TPSA) is 217 Å². The molecule has 30 heavy (non-hydrogen) atoms. The number of hydrogen-bond acceptors (Lipinski definition) is 8. The largest absolute Gasteiger partial charge is 0.481 e. The molecule has 3 amide bonds. The number of carbonyl (C=O) groups is 5. The number of amides is 3. The van der Waals surface area contributed by atoms with Crippen molar-refractivity contribution in [3.05, 3.63) is 18.2 Å². The summed E-state index contributed by atoms with van der Waals surface area (Å²) >= 11 is 3.81. The van der Waals surface area contributed by atoms with E-state index in [1.54, 1.807) is 0 Å². The first kappa shape index (κ1) is 24.9. The second kappa shape index (κ2) is 11.8. The predicted molar refractivity (Wildman–Crippen MR) is 105 cm³/mol. The molecule has 0 saturated carbocycles. The number of hydrogen-bond donors (Lipinski definition) is 8. The SMILES string of the molecule is C[C@H](NC(=O)[C@H](CC(=O)O)NC(=O)[C@@H](N)Cc1cnc[nH]1)C(=O)N[C@@H](CS)C(=O)O. The van der Waals surface area contributed by atoms with E-state index in [4.69, 9.17) is 15.9 Å². The van der Waals surface area contributed by atoms with Crippen molar-refractivity contribution in [1.29, 1.82) is 0 Å². The highest BCUT2D eigenvalue weighted by atomic mass is 32.1. The Morgan fingerprint density at radius 2 is 1.73 bits per heavy atom. The first-order chi connectivity index (χ1) is 14.0. The third-order valence-electron chi connectivity index (χ3n) is 3.89. The standard InChI is InChI=1S/C16H24N6O7S/c1-7(13(25)22-11(5-30)16(28)29)20-15(27)10(3-12(23)24)21-14(26)9(17)2-8-4-18-6-19-8/h4,6-7,9-11,30H,2-3,5,17H2,1H3,(H,18,19)(H,20,27)(H,21,26)(H,22,25)(H,23,24)(H,28,29)/t7-,9-,10-,11-/m0/s1. The maximum Gasteiger partial charge on any atom is 0.327 e. The molecule has 0 spiro atoms. The lowest BCUT2D eigenvalue weighted by Gasteiger charge is -2.22. The highest BCUT2D eigenvalue weighted by Gasteiger charge is 2.29. The number of carboxylic acid groups (broad SMARTS) is 2. The summed E-state index contributed by atoms with van der Waals surface area (Å²) in [4.78, 5) is 65.3. The van der Waals surface area contributed by atoms with Crippen LogP contribution in [0.3, 0.4) is 0 Å². The average molecular weight is 444 g/mol. The minimum atomic E-state index is -1.50. The van der Waals surface area contributed by atoms with E-state index in [2.05, 4.69) is 38.5 Å². The van der Waals surface area contributed by atoms with Crippen molar-refractivity contribution in [2.24, 2.45) is 5.73 Å². The molecule has 0 aliphatic rings. The third kappa shape index (κ3) is 8.08.